The second-order valence-electron chi connectivity index (χ2n) is 6.70. The van der Waals surface area contributed by atoms with Crippen LogP contribution in [0.1, 0.15) is 34.8 Å². The second kappa shape index (κ2) is 6.98. The van der Waals surface area contributed by atoms with Crippen molar-refractivity contribution in [1.82, 2.24) is 19.9 Å². The van der Waals surface area contributed by atoms with Crippen LogP contribution in [0.3, 0.4) is 0 Å². The summed E-state index contributed by atoms with van der Waals surface area (Å²) in [5.41, 5.74) is -0.0642. The highest BCUT2D eigenvalue weighted by molar-refractivity contribution is 5.96. The summed E-state index contributed by atoms with van der Waals surface area (Å²) < 4.78 is 19.1. The van der Waals surface area contributed by atoms with E-state index in [0.717, 1.165) is 12.8 Å². The van der Waals surface area contributed by atoms with Crippen LogP contribution in [0.4, 0.5) is 10.3 Å². The molecule has 1 amide bonds. The SMILES string of the molecule is COc1ncccc1C(=O)N1CCN(c2nc(C3CC3)c(F)c(=O)[nH]2)CC1. The first-order chi connectivity index (χ1) is 13.1. The van der Waals surface area contributed by atoms with Crippen LogP contribution < -0.4 is 15.2 Å². The Labute approximate surface area is 155 Å². The zero-order valence-corrected chi connectivity index (χ0v) is 14.9. The number of hydrogen-bond donors (Lipinski definition) is 1. The summed E-state index contributed by atoms with van der Waals surface area (Å²) >= 11 is 0. The van der Waals surface area contributed by atoms with Gasteiger partial charge >= 0.3 is 0 Å². The van der Waals surface area contributed by atoms with E-state index in [1.54, 1.807) is 23.2 Å². The summed E-state index contributed by atoms with van der Waals surface area (Å²) in [6.07, 6.45) is 3.30. The minimum Gasteiger partial charge on any atom is -0.480 e. The molecule has 2 aromatic heterocycles. The van der Waals surface area contributed by atoms with Crippen LogP contribution in [-0.2, 0) is 0 Å². The molecule has 0 atom stereocenters. The van der Waals surface area contributed by atoms with Gasteiger partial charge in [-0.15, -0.1) is 0 Å². The number of carbonyl (C=O) groups excluding carboxylic acids is 1. The Morgan fingerprint density at radius 2 is 2.04 bits per heavy atom. The van der Waals surface area contributed by atoms with Crippen LogP contribution in [-0.4, -0.2) is 59.0 Å². The summed E-state index contributed by atoms with van der Waals surface area (Å²) in [5, 5.41) is 0. The lowest BCUT2D eigenvalue weighted by Crippen LogP contribution is -2.49. The van der Waals surface area contributed by atoms with Crippen molar-refractivity contribution in [2.24, 2.45) is 0 Å². The minimum absolute atomic E-state index is 0.0481. The van der Waals surface area contributed by atoms with Crippen molar-refractivity contribution in [3.63, 3.8) is 0 Å². The number of rotatable bonds is 4. The van der Waals surface area contributed by atoms with E-state index in [-0.39, 0.29) is 17.5 Å². The van der Waals surface area contributed by atoms with Crippen molar-refractivity contribution in [2.75, 3.05) is 38.2 Å². The maximum atomic E-state index is 14.0. The lowest BCUT2D eigenvalue weighted by atomic mass is 10.2. The van der Waals surface area contributed by atoms with Crippen molar-refractivity contribution < 1.29 is 13.9 Å². The quantitative estimate of drug-likeness (QED) is 0.865. The fraction of sp³-hybridized carbons (Fsp3) is 0.444. The number of amides is 1. The van der Waals surface area contributed by atoms with E-state index in [2.05, 4.69) is 15.0 Å². The van der Waals surface area contributed by atoms with Crippen LogP contribution in [0.25, 0.3) is 0 Å². The highest BCUT2D eigenvalue weighted by Gasteiger charge is 2.31. The first-order valence-electron chi connectivity index (χ1n) is 8.91. The van der Waals surface area contributed by atoms with Gasteiger partial charge in [-0.1, -0.05) is 0 Å². The first kappa shape index (κ1) is 17.4. The smallest absolute Gasteiger partial charge is 0.288 e. The molecule has 0 radical (unpaired) electrons. The number of H-pyrrole nitrogens is 1. The number of nitrogens with one attached hydrogen (secondary N) is 1. The van der Waals surface area contributed by atoms with Gasteiger partial charge in [0.15, 0.2) is 0 Å². The summed E-state index contributed by atoms with van der Waals surface area (Å²) in [6.45, 7) is 1.90. The Hall–Kier alpha value is -2.97. The Balaban J connectivity index is 1.48. The zero-order chi connectivity index (χ0) is 19.0. The molecule has 0 aromatic carbocycles. The normalized spacial score (nSPS) is 17.1. The van der Waals surface area contributed by atoms with Crippen molar-refractivity contribution in [3.05, 3.63) is 45.8 Å². The molecule has 27 heavy (non-hydrogen) atoms. The third kappa shape index (κ3) is 3.36. The predicted molar refractivity (Wildman–Crippen MR) is 95.7 cm³/mol. The largest absolute Gasteiger partial charge is 0.480 e. The molecule has 1 saturated heterocycles. The minimum atomic E-state index is -0.779. The van der Waals surface area contributed by atoms with Gasteiger partial charge in [-0.25, -0.2) is 9.97 Å². The number of nitrogens with zero attached hydrogens (tertiary/aromatic N) is 4. The third-order valence-corrected chi connectivity index (χ3v) is 4.90. The highest BCUT2D eigenvalue weighted by Crippen LogP contribution is 2.39. The number of aromatic amines is 1. The molecule has 3 heterocycles. The van der Waals surface area contributed by atoms with Gasteiger partial charge < -0.3 is 14.5 Å². The van der Waals surface area contributed by atoms with Gasteiger partial charge in [0, 0.05) is 38.3 Å². The molecule has 4 rings (SSSR count). The number of hydrogen-bond acceptors (Lipinski definition) is 6. The molecule has 142 valence electrons. The van der Waals surface area contributed by atoms with Crippen LogP contribution in [0.2, 0.25) is 0 Å². The predicted octanol–water partition coefficient (Wildman–Crippen LogP) is 1.15. The van der Waals surface area contributed by atoms with E-state index < -0.39 is 11.4 Å². The van der Waals surface area contributed by atoms with E-state index >= 15 is 0 Å². The Bertz CT molecular complexity index is 919. The summed E-state index contributed by atoms with van der Waals surface area (Å²) in [5.74, 6) is -0.220. The van der Waals surface area contributed by atoms with Gasteiger partial charge in [-0.05, 0) is 25.0 Å². The number of pyridine rings is 1. The first-order valence-corrected chi connectivity index (χ1v) is 8.91. The van der Waals surface area contributed by atoms with Gasteiger partial charge in [0.05, 0.1) is 12.8 Å². The second-order valence-corrected chi connectivity index (χ2v) is 6.70. The van der Waals surface area contributed by atoms with Crippen LogP contribution >= 0.6 is 0 Å². The van der Waals surface area contributed by atoms with Crippen LogP contribution in [0.15, 0.2) is 23.1 Å². The van der Waals surface area contributed by atoms with Crippen LogP contribution in [0.5, 0.6) is 5.88 Å². The van der Waals surface area contributed by atoms with Crippen molar-refractivity contribution >= 4 is 11.9 Å². The molecule has 1 saturated carbocycles. The Kier molecular flexibility index (Phi) is 4.51. The third-order valence-electron chi connectivity index (χ3n) is 4.90. The standard InChI is InChI=1S/C18H20FN5O3/c1-27-16-12(3-2-6-20-16)17(26)23-7-9-24(10-8-23)18-21-14(11-4-5-11)13(19)15(25)22-18/h2-3,6,11H,4-5,7-10H2,1H3,(H,21,22,25). The van der Waals surface area contributed by atoms with Gasteiger partial charge in [0.2, 0.25) is 17.6 Å². The summed E-state index contributed by atoms with van der Waals surface area (Å²) in [4.78, 5) is 39.1. The average Bonchev–Trinajstić information content (AvgIpc) is 3.54. The Morgan fingerprint density at radius 3 is 2.70 bits per heavy atom. The topological polar surface area (TPSA) is 91.4 Å². The fourth-order valence-electron chi connectivity index (χ4n) is 3.25. The van der Waals surface area contributed by atoms with Crippen LogP contribution in [0, 0.1) is 5.82 Å². The molecule has 1 aliphatic heterocycles. The molecule has 9 heteroatoms. The zero-order valence-electron chi connectivity index (χ0n) is 14.9. The monoisotopic (exact) mass is 373 g/mol. The van der Waals surface area contributed by atoms with Gasteiger partial charge in [-0.2, -0.15) is 4.39 Å². The number of methoxy groups -OCH3 is 1. The molecule has 1 aliphatic carbocycles. The molecule has 0 spiro atoms. The van der Waals surface area contributed by atoms with Gasteiger partial charge in [-0.3, -0.25) is 14.6 Å². The van der Waals surface area contributed by atoms with E-state index in [4.69, 9.17) is 4.74 Å². The Morgan fingerprint density at radius 1 is 1.30 bits per heavy atom. The fourth-order valence-corrected chi connectivity index (χ4v) is 3.25. The number of aromatic nitrogens is 3. The van der Waals surface area contributed by atoms with Crippen molar-refractivity contribution in [1.29, 1.82) is 0 Å². The molecular weight excluding hydrogens is 353 g/mol. The maximum Gasteiger partial charge on any atom is 0.288 e. The molecule has 2 aromatic rings. The van der Waals surface area contributed by atoms with Gasteiger partial charge in [0.25, 0.3) is 11.5 Å². The lowest BCUT2D eigenvalue weighted by molar-refractivity contribution is 0.0742. The van der Waals surface area contributed by atoms with Crippen molar-refractivity contribution in [2.45, 2.75) is 18.8 Å². The highest BCUT2D eigenvalue weighted by atomic mass is 19.1. The van der Waals surface area contributed by atoms with E-state index in [1.165, 1.54) is 7.11 Å². The molecule has 0 bridgehead atoms. The number of halogens is 1. The van der Waals surface area contributed by atoms with E-state index in [9.17, 15) is 14.0 Å². The molecule has 1 N–H and O–H groups in total. The summed E-state index contributed by atoms with van der Waals surface area (Å²) in [6, 6.07) is 3.38. The van der Waals surface area contributed by atoms with E-state index in [1.807, 2.05) is 4.90 Å². The summed E-state index contributed by atoms with van der Waals surface area (Å²) in [7, 11) is 1.48. The lowest BCUT2D eigenvalue weighted by Gasteiger charge is -2.35. The van der Waals surface area contributed by atoms with E-state index in [0.29, 0.717) is 43.6 Å². The maximum absolute atomic E-state index is 14.0. The number of piperazine rings is 1. The number of carbonyl (C=O) groups is 1. The molecule has 0 unspecified atom stereocenters. The molecule has 2 aliphatic rings. The molecule has 8 nitrogen and oxygen atoms in total. The van der Waals surface area contributed by atoms with Crippen molar-refractivity contribution in [3.8, 4) is 5.88 Å². The molecule has 2 fully saturated rings. The molecular formula is C18H20FN5O3. The number of anilines is 1. The van der Waals surface area contributed by atoms with Gasteiger partial charge in [0.1, 0.15) is 5.56 Å². The average molecular weight is 373 g/mol. The number of ether oxygens (including phenoxy) is 1.